The number of nitrogens with two attached hydrogens (primary N) is 1. The van der Waals surface area contributed by atoms with Crippen LogP contribution in [0.5, 0.6) is 0 Å². The third kappa shape index (κ3) is 3.19. The molecule has 0 fully saturated rings. The molecular weight excluding hydrogens is 253 g/mol. The Morgan fingerprint density at radius 3 is 2.53 bits per heavy atom. The van der Waals surface area contributed by atoms with E-state index in [4.69, 9.17) is 5.73 Å². The van der Waals surface area contributed by atoms with Crippen LogP contribution in [0.4, 0.5) is 24.5 Å². The van der Waals surface area contributed by atoms with E-state index in [-0.39, 0.29) is 29.9 Å². The van der Waals surface area contributed by atoms with Gasteiger partial charge < -0.3 is 11.1 Å². The molecule has 3 N–H and O–H groups in total. The molecule has 2 rings (SSSR count). The van der Waals surface area contributed by atoms with Gasteiger partial charge in [-0.1, -0.05) is 6.07 Å². The van der Waals surface area contributed by atoms with Gasteiger partial charge in [0, 0.05) is 6.54 Å². The molecule has 0 saturated heterocycles. The molecule has 0 aliphatic heterocycles. The van der Waals surface area contributed by atoms with Gasteiger partial charge in [-0.3, -0.25) is 0 Å². The van der Waals surface area contributed by atoms with Crippen LogP contribution in [0.3, 0.4) is 0 Å². The van der Waals surface area contributed by atoms with Crippen molar-refractivity contribution in [1.29, 1.82) is 0 Å². The number of anilines is 2. The topological polar surface area (TPSA) is 38.0 Å². The highest BCUT2D eigenvalue weighted by molar-refractivity contribution is 5.66. The van der Waals surface area contributed by atoms with Crippen LogP contribution in [0.15, 0.2) is 36.4 Å². The molecular formula is C14H13F3N2. The first kappa shape index (κ1) is 13.3. The van der Waals surface area contributed by atoms with Crippen molar-refractivity contribution in [3.8, 4) is 0 Å². The molecule has 0 spiro atoms. The smallest absolute Gasteiger partial charge is 0.148 e. The summed E-state index contributed by atoms with van der Waals surface area (Å²) in [5.74, 6) is -1.45. The Morgan fingerprint density at radius 1 is 1.00 bits per heavy atom. The van der Waals surface area contributed by atoms with Gasteiger partial charge in [-0.05, 0) is 42.3 Å². The van der Waals surface area contributed by atoms with Gasteiger partial charge in [0.1, 0.15) is 17.5 Å². The summed E-state index contributed by atoms with van der Waals surface area (Å²) >= 11 is 0. The van der Waals surface area contributed by atoms with E-state index in [0.717, 1.165) is 18.2 Å². The second-order valence-corrected chi connectivity index (χ2v) is 4.12. The Labute approximate surface area is 109 Å². The first-order chi connectivity index (χ1) is 9.08. The first-order valence-corrected chi connectivity index (χ1v) is 5.79. The summed E-state index contributed by atoms with van der Waals surface area (Å²) in [4.78, 5) is 0. The molecule has 0 atom stereocenters. The van der Waals surface area contributed by atoms with Gasteiger partial charge in [-0.15, -0.1) is 0 Å². The number of hydrogen-bond acceptors (Lipinski definition) is 2. The van der Waals surface area contributed by atoms with Crippen LogP contribution in [0.25, 0.3) is 0 Å². The quantitative estimate of drug-likeness (QED) is 0.833. The molecule has 5 heteroatoms. The number of rotatable bonds is 4. The Hall–Kier alpha value is -2.17. The van der Waals surface area contributed by atoms with Crippen molar-refractivity contribution < 1.29 is 13.2 Å². The monoisotopic (exact) mass is 266 g/mol. The van der Waals surface area contributed by atoms with Gasteiger partial charge in [-0.2, -0.15) is 0 Å². The van der Waals surface area contributed by atoms with Crippen molar-refractivity contribution >= 4 is 11.4 Å². The van der Waals surface area contributed by atoms with E-state index in [9.17, 15) is 13.2 Å². The zero-order chi connectivity index (χ0) is 13.8. The predicted octanol–water partition coefficient (Wildman–Crippen LogP) is 3.34. The summed E-state index contributed by atoms with van der Waals surface area (Å²) in [5, 5.41) is 2.79. The molecule has 100 valence electrons. The van der Waals surface area contributed by atoms with E-state index in [2.05, 4.69) is 5.32 Å². The molecule has 0 heterocycles. The van der Waals surface area contributed by atoms with E-state index in [0.29, 0.717) is 0 Å². The van der Waals surface area contributed by atoms with Crippen LogP contribution in [0.1, 0.15) is 5.56 Å². The second kappa shape index (κ2) is 5.65. The van der Waals surface area contributed by atoms with Crippen molar-refractivity contribution in [2.75, 3.05) is 17.6 Å². The average molecular weight is 266 g/mol. The van der Waals surface area contributed by atoms with Gasteiger partial charge >= 0.3 is 0 Å². The maximum Gasteiger partial charge on any atom is 0.148 e. The summed E-state index contributed by atoms with van der Waals surface area (Å²) in [5.41, 5.74) is 6.31. The second-order valence-electron chi connectivity index (χ2n) is 4.12. The lowest BCUT2D eigenvalue weighted by Crippen LogP contribution is -2.09. The minimum atomic E-state index is -0.498. The Bertz CT molecular complexity index is 565. The van der Waals surface area contributed by atoms with Gasteiger partial charge in [-0.25, -0.2) is 13.2 Å². The lowest BCUT2D eigenvalue weighted by Gasteiger charge is -2.10. The molecule has 0 amide bonds. The lowest BCUT2D eigenvalue weighted by molar-refractivity contribution is 0.585. The molecule has 0 aliphatic carbocycles. The van der Waals surface area contributed by atoms with E-state index in [1.54, 1.807) is 6.07 Å². The number of nitrogen functional groups attached to an aromatic ring is 1. The number of benzene rings is 2. The number of nitrogens with one attached hydrogen (secondary N) is 1. The SMILES string of the molecule is Nc1cccc(F)c1NCCc1cc(F)ccc1F. The first-order valence-electron chi connectivity index (χ1n) is 5.79. The fourth-order valence-electron chi connectivity index (χ4n) is 1.78. The lowest BCUT2D eigenvalue weighted by atomic mass is 10.1. The van der Waals surface area contributed by atoms with Crippen LogP contribution in [0, 0.1) is 17.5 Å². The van der Waals surface area contributed by atoms with Crippen molar-refractivity contribution in [2.24, 2.45) is 0 Å². The van der Waals surface area contributed by atoms with E-state index < -0.39 is 17.5 Å². The van der Waals surface area contributed by atoms with Gasteiger partial charge in [0.2, 0.25) is 0 Å². The van der Waals surface area contributed by atoms with Gasteiger partial charge in [0.15, 0.2) is 0 Å². The fraction of sp³-hybridized carbons (Fsp3) is 0.143. The van der Waals surface area contributed by atoms with Crippen LogP contribution >= 0.6 is 0 Å². The third-order valence-electron chi connectivity index (χ3n) is 2.75. The number of para-hydroxylation sites is 1. The van der Waals surface area contributed by atoms with E-state index in [1.807, 2.05) is 0 Å². The molecule has 0 unspecified atom stereocenters. The molecule has 0 radical (unpaired) electrons. The Balaban J connectivity index is 2.02. The van der Waals surface area contributed by atoms with Crippen LogP contribution in [-0.2, 0) is 6.42 Å². The Morgan fingerprint density at radius 2 is 1.79 bits per heavy atom. The highest BCUT2D eigenvalue weighted by Gasteiger charge is 2.07. The van der Waals surface area contributed by atoms with Crippen LogP contribution < -0.4 is 11.1 Å². The van der Waals surface area contributed by atoms with Gasteiger partial charge in [0.25, 0.3) is 0 Å². The largest absolute Gasteiger partial charge is 0.397 e. The van der Waals surface area contributed by atoms with Crippen molar-refractivity contribution in [3.05, 3.63) is 59.4 Å². The fourth-order valence-corrected chi connectivity index (χ4v) is 1.78. The minimum Gasteiger partial charge on any atom is -0.397 e. The number of hydrogen-bond donors (Lipinski definition) is 2. The molecule has 19 heavy (non-hydrogen) atoms. The molecule has 2 nitrogen and oxygen atoms in total. The summed E-state index contributed by atoms with van der Waals surface area (Å²) in [7, 11) is 0. The zero-order valence-corrected chi connectivity index (χ0v) is 10.1. The summed E-state index contributed by atoms with van der Waals surface area (Å²) < 4.78 is 39.8. The van der Waals surface area contributed by atoms with Crippen molar-refractivity contribution in [3.63, 3.8) is 0 Å². The van der Waals surface area contributed by atoms with Crippen molar-refractivity contribution in [1.82, 2.24) is 0 Å². The molecule has 2 aromatic rings. The summed E-state index contributed by atoms with van der Waals surface area (Å²) in [6.07, 6.45) is 0.233. The van der Waals surface area contributed by atoms with Crippen molar-refractivity contribution in [2.45, 2.75) is 6.42 Å². The highest BCUT2D eigenvalue weighted by Crippen LogP contribution is 2.21. The predicted molar refractivity (Wildman–Crippen MR) is 69.4 cm³/mol. The maximum atomic E-state index is 13.4. The van der Waals surface area contributed by atoms with Gasteiger partial charge in [0.05, 0.1) is 11.4 Å². The summed E-state index contributed by atoms with van der Waals surface area (Å²) in [6.45, 7) is 0.255. The van der Waals surface area contributed by atoms with Crippen LogP contribution in [0.2, 0.25) is 0 Å². The highest BCUT2D eigenvalue weighted by atomic mass is 19.1. The Kier molecular flexibility index (Phi) is 3.94. The number of halogens is 3. The summed E-state index contributed by atoms with van der Waals surface area (Å²) in [6, 6.07) is 7.60. The molecule has 0 aliphatic rings. The molecule has 0 bridgehead atoms. The molecule has 0 saturated carbocycles. The van der Waals surface area contributed by atoms with E-state index in [1.165, 1.54) is 12.1 Å². The standard InChI is InChI=1S/C14H13F3N2/c15-10-4-5-11(16)9(8-10)6-7-19-14-12(17)2-1-3-13(14)18/h1-5,8,19H,6-7,18H2. The maximum absolute atomic E-state index is 13.4. The third-order valence-corrected chi connectivity index (χ3v) is 2.75. The molecule has 2 aromatic carbocycles. The molecule has 0 aromatic heterocycles. The normalized spacial score (nSPS) is 10.5. The zero-order valence-electron chi connectivity index (χ0n) is 10.1. The minimum absolute atomic E-state index is 0.180. The average Bonchev–Trinajstić information content (AvgIpc) is 2.37. The van der Waals surface area contributed by atoms with E-state index >= 15 is 0 Å². The van der Waals surface area contributed by atoms with Crippen LogP contribution in [-0.4, -0.2) is 6.54 Å².